The number of para-hydroxylation sites is 1. The minimum Gasteiger partial charge on any atom is -0.369 e. The van der Waals surface area contributed by atoms with Crippen molar-refractivity contribution in [3.8, 4) is 0 Å². The van der Waals surface area contributed by atoms with Crippen molar-refractivity contribution in [1.29, 1.82) is 0 Å². The number of rotatable bonds is 7. The molecule has 0 unspecified atom stereocenters. The van der Waals surface area contributed by atoms with E-state index in [1.54, 1.807) is 12.1 Å². The van der Waals surface area contributed by atoms with Gasteiger partial charge in [-0.3, -0.25) is 9.10 Å². The minimum atomic E-state index is -4.72. The van der Waals surface area contributed by atoms with Crippen LogP contribution in [-0.4, -0.2) is 66.5 Å². The summed E-state index contributed by atoms with van der Waals surface area (Å²) in [6.45, 7) is 0.0254. The van der Waals surface area contributed by atoms with Gasteiger partial charge in [0.1, 0.15) is 5.82 Å². The molecule has 3 aromatic carbocycles. The van der Waals surface area contributed by atoms with Gasteiger partial charge in [0.05, 0.1) is 28.0 Å². The molecule has 0 aliphatic carbocycles. The molecule has 0 saturated carbocycles. The fourth-order valence-corrected chi connectivity index (χ4v) is 6.22. The molecule has 1 N–H and O–H groups in total. The largest absolute Gasteiger partial charge is 0.416 e. The number of anilines is 3. The molecule has 0 atom stereocenters. The Balaban J connectivity index is 1.44. The molecule has 1 aliphatic rings. The van der Waals surface area contributed by atoms with E-state index in [-0.39, 0.29) is 53.7 Å². The Kier molecular flexibility index (Phi) is 8.34. The van der Waals surface area contributed by atoms with Gasteiger partial charge in [0.25, 0.3) is 5.91 Å². The highest BCUT2D eigenvalue weighted by atomic mass is 32.2. The number of sulfonamides is 2. The van der Waals surface area contributed by atoms with Crippen molar-refractivity contribution in [3.05, 3.63) is 83.7 Å². The lowest BCUT2D eigenvalue weighted by Crippen LogP contribution is -2.48. The SMILES string of the molecule is CN(c1ccccc1C(=O)Nc1ccc(S(=O)(=O)N2CCN(c3cc(F)cc(C(F)(F)F)c3)CC2)cc1)S(C)(=O)=O. The molecule has 0 radical (unpaired) electrons. The predicted molar refractivity (Wildman–Crippen MR) is 146 cm³/mol. The lowest BCUT2D eigenvalue weighted by atomic mass is 10.1. The van der Waals surface area contributed by atoms with Crippen molar-refractivity contribution >= 4 is 43.0 Å². The number of nitrogens with one attached hydrogen (secondary N) is 1. The smallest absolute Gasteiger partial charge is 0.369 e. The van der Waals surface area contributed by atoms with Gasteiger partial charge in [-0.15, -0.1) is 0 Å². The summed E-state index contributed by atoms with van der Waals surface area (Å²) in [6.07, 6.45) is -3.71. The number of carbonyl (C=O) groups excluding carboxylic acids is 1. The summed E-state index contributed by atoms with van der Waals surface area (Å²) >= 11 is 0. The molecule has 1 amide bonds. The first kappa shape index (κ1) is 30.3. The number of alkyl halides is 3. The molecule has 1 saturated heterocycles. The van der Waals surface area contributed by atoms with Crippen LogP contribution in [0.3, 0.4) is 0 Å². The van der Waals surface area contributed by atoms with Crippen LogP contribution in [0.15, 0.2) is 71.6 Å². The summed E-state index contributed by atoms with van der Waals surface area (Å²) in [5, 5.41) is 2.62. The fourth-order valence-electron chi connectivity index (χ4n) is 4.28. The average Bonchev–Trinajstić information content (AvgIpc) is 2.91. The summed E-state index contributed by atoms with van der Waals surface area (Å²) in [6, 6.07) is 13.7. The number of benzene rings is 3. The van der Waals surface area contributed by atoms with Gasteiger partial charge in [0.15, 0.2) is 0 Å². The van der Waals surface area contributed by atoms with E-state index in [4.69, 9.17) is 0 Å². The monoisotopic (exact) mass is 614 g/mol. The number of hydrogen-bond donors (Lipinski definition) is 1. The van der Waals surface area contributed by atoms with Crippen molar-refractivity contribution in [2.45, 2.75) is 11.1 Å². The van der Waals surface area contributed by atoms with Crippen molar-refractivity contribution in [1.82, 2.24) is 4.31 Å². The molecule has 41 heavy (non-hydrogen) atoms. The van der Waals surface area contributed by atoms with E-state index in [1.807, 2.05) is 0 Å². The third kappa shape index (κ3) is 6.80. The van der Waals surface area contributed by atoms with Gasteiger partial charge in [-0.2, -0.15) is 17.5 Å². The quantitative estimate of drug-likeness (QED) is 0.404. The molecule has 9 nitrogen and oxygen atoms in total. The normalized spacial score (nSPS) is 15.0. The van der Waals surface area contributed by atoms with Crippen LogP contribution >= 0.6 is 0 Å². The van der Waals surface area contributed by atoms with E-state index in [1.165, 1.54) is 52.7 Å². The lowest BCUT2D eigenvalue weighted by Gasteiger charge is -2.35. The van der Waals surface area contributed by atoms with Crippen LogP contribution < -0.4 is 14.5 Å². The van der Waals surface area contributed by atoms with Crippen molar-refractivity contribution in [2.75, 3.05) is 54.0 Å². The zero-order valence-electron chi connectivity index (χ0n) is 21.9. The van der Waals surface area contributed by atoms with E-state index in [2.05, 4.69) is 5.32 Å². The third-order valence-corrected chi connectivity index (χ3v) is 9.65. The molecule has 1 heterocycles. The molecule has 220 valence electrons. The van der Waals surface area contributed by atoms with Gasteiger partial charge in [0.2, 0.25) is 20.0 Å². The number of carbonyl (C=O) groups is 1. The second kappa shape index (κ2) is 11.3. The predicted octanol–water partition coefficient (Wildman–Crippen LogP) is 4.00. The van der Waals surface area contributed by atoms with Crippen LogP contribution in [0.1, 0.15) is 15.9 Å². The average molecular weight is 615 g/mol. The Morgan fingerprint density at radius 2 is 1.51 bits per heavy atom. The number of nitrogens with zero attached hydrogens (tertiary/aromatic N) is 3. The van der Waals surface area contributed by atoms with E-state index >= 15 is 0 Å². The molecule has 1 fully saturated rings. The van der Waals surface area contributed by atoms with E-state index in [0.29, 0.717) is 6.07 Å². The summed E-state index contributed by atoms with van der Waals surface area (Å²) in [7, 11) is -6.28. The minimum absolute atomic E-state index is 0.0128. The maximum Gasteiger partial charge on any atom is 0.416 e. The maximum absolute atomic E-state index is 13.8. The maximum atomic E-state index is 13.8. The first-order valence-electron chi connectivity index (χ1n) is 12.1. The van der Waals surface area contributed by atoms with Crippen LogP contribution in [0.25, 0.3) is 0 Å². The molecular formula is C26H26F4N4O5S2. The van der Waals surface area contributed by atoms with E-state index < -0.39 is 43.5 Å². The highest BCUT2D eigenvalue weighted by Crippen LogP contribution is 2.33. The standard InChI is InChI=1S/C26H26F4N4O5S2/c1-32(40(2,36)37)24-6-4-3-5-23(24)25(35)31-20-7-9-22(10-8-20)41(38,39)34-13-11-33(12-14-34)21-16-18(26(28,29)30)15-19(27)17-21/h3-10,15-17H,11-14H2,1-2H3,(H,31,35). The topological polar surface area (TPSA) is 107 Å². The van der Waals surface area contributed by atoms with Crippen LogP contribution in [0.5, 0.6) is 0 Å². The molecule has 4 rings (SSSR count). The number of amides is 1. The van der Waals surface area contributed by atoms with Gasteiger partial charge >= 0.3 is 6.18 Å². The molecule has 3 aromatic rings. The van der Waals surface area contributed by atoms with Crippen molar-refractivity contribution in [3.63, 3.8) is 0 Å². The molecule has 0 bridgehead atoms. The third-order valence-electron chi connectivity index (χ3n) is 6.55. The van der Waals surface area contributed by atoms with E-state index in [0.717, 1.165) is 22.7 Å². The summed E-state index contributed by atoms with van der Waals surface area (Å²) in [5.41, 5.74) is -0.587. The Hall–Kier alpha value is -3.69. The van der Waals surface area contributed by atoms with Crippen LogP contribution in [0, 0.1) is 5.82 Å². The molecule has 1 aliphatic heterocycles. The van der Waals surface area contributed by atoms with Crippen LogP contribution in [0.2, 0.25) is 0 Å². The lowest BCUT2D eigenvalue weighted by molar-refractivity contribution is -0.137. The fraction of sp³-hybridized carbons (Fsp3) is 0.269. The Labute approximate surface area is 235 Å². The molecule has 0 aromatic heterocycles. The number of piperazine rings is 1. The number of hydrogen-bond acceptors (Lipinski definition) is 6. The van der Waals surface area contributed by atoms with Gasteiger partial charge in [-0.25, -0.2) is 21.2 Å². The first-order valence-corrected chi connectivity index (χ1v) is 15.4. The summed E-state index contributed by atoms with van der Waals surface area (Å²) in [4.78, 5) is 14.3. The van der Waals surface area contributed by atoms with Crippen molar-refractivity contribution in [2.24, 2.45) is 0 Å². The zero-order chi connectivity index (χ0) is 30.2. The summed E-state index contributed by atoms with van der Waals surface area (Å²) in [5.74, 6) is -1.64. The Morgan fingerprint density at radius 1 is 0.902 bits per heavy atom. The van der Waals surface area contributed by atoms with Crippen LogP contribution in [-0.2, 0) is 26.2 Å². The van der Waals surface area contributed by atoms with Gasteiger partial charge in [-0.1, -0.05) is 12.1 Å². The first-order chi connectivity index (χ1) is 19.1. The number of halogens is 4. The van der Waals surface area contributed by atoms with Crippen LogP contribution in [0.4, 0.5) is 34.6 Å². The molecule has 0 spiro atoms. The molecular weight excluding hydrogens is 588 g/mol. The summed E-state index contributed by atoms with van der Waals surface area (Å²) < 4.78 is 105. The van der Waals surface area contributed by atoms with Crippen molar-refractivity contribution < 1.29 is 39.2 Å². The van der Waals surface area contributed by atoms with E-state index in [9.17, 15) is 39.2 Å². The highest BCUT2D eigenvalue weighted by Gasteiger charge is 2.33. The van der Waals surface area contributed by atoms with Gasteiger partial charge < -0.3 is 10.2 Å². The Bertz CT molecular complexity index is 1660. The van der Waals surface area contributed by atoms with Gasteiger partial charge in [-0.05, 0) is 54.6 Å². The second-order valence-corrected chi connectivity index (χ2v) is 13.3. The molecule has 15 heteroatoms. The zero-order valence-corrected chi connectivity index (χ0v) is 23.5. The second-order valence-electron chi connectivity index (χ2n) is 9.31. The van der Waals surface area contributed by atoms with Gasteiger partial charge in [0, 0.05) is 44.6 Å². The highest BCUT2D eigenvalue weighted by molar-refractivity contribution is 7.92. The Morgan fingerprint density at radius 3 is 2.10 bits per heavy atom.